The molecule has 0 amide bonds. The molecule has 0 radical (unpaired) electrons. The second-order valence-electron chi connectivity index (χ2n) is 4.90. The van der Waals surface area contributed by atoms with Gasteiger partial charge in [-0.05, 0) is 65.9 Å². The van der Waals surface area contributed by atoms with Gasteiger partial charge in [-0.2, -0.15) is 0 Å². The Hall–Kier alpha value is -0.590. The van der Waals surface area contributed by atoms with Crippen LogP contribution in [0.1, 0.15) is 29.7 Å². The molecule has 112 valence electrons. The summed E-state index contributed by atoms with van der Waals surface area (Å²) >= 11 is 6.03. The normalized spacial score (nSPS) is 12.2. The van der Waals surface area contributed by atoms with E-state index in [1.165, 1.54) is 20.3 Å². The second kappa shape index (κ2) is 7.61. The number of ether oxygens (including phenoxy) is 1. The lowest BCUT2D eigenvalue weighted by Crippen LogP contribution is -2.23. The summed E-state index contributed by atoms with van der Waals surface area (Å²) in [7, 11) is 1.72. The molecule has 2 aromatic carbocycles. The highest BCUT2D eigenvalue weighted by molar-refractivity contribution is 14.1. The van der Waals surface area contributed by atoms with Crippen LogP contribution in [0.3, 0.4) is 0 Å². The van der Waals surface area contributed by atoms with Crippen molar-refractivity contribution in [2.75, 3.05) is 13.7 Å². The molecular weight excluding hydrogens is 441 g/mol. The molecule has 2 rings (SSSR count). The predicted octanol–water partition coefficient (Wildman–Crippen LogP) is 5.07. The molecule has 1 unspecified atom stereocenters. The first-order valence-corrected chi connectivity index (χ1v) is 8.76. The van der Waals surface area contributed by atoms with Crippen molar-refractivity contribution in [3.8, 4) is 5.75 Å². The summed E-state index contributed by atoms with van der Waals surface area (Å²) in [6.45, 7) is 5.12. The number of rotatable bonds is 5. The number of methoxy groups -OCH3 is 1. The smallest absolute Gasteiger partial charge is 0.124 e. The van der Waals surface area contributed by atoms with Crippen LogP contribution in [-0.4, -0.2) is 13.7 Å². The van der Waals surface area contributed by atoms with Gasteiger partial charge in [0, 0.05) is 13.6 Å². The van der Waals surface area contributed by atoms with Crippen molar-refractivity contribution >= 4 is 38.5 Å². The Balaban J connectivity index is 2.58. The van der Waals surface area contributed by atoms with Crippen LogP contribution in [0.5, 0.6) is 5.75 Å². The van der Waals surface area contributed by atoms with E-state index < -0.39 is 0 Å². The Kier molecular flexibility index (Phi) is 6.08. The van der Waals surface area contributed by atoms with Gasteiger partial charge in [0.2, 0.25) is 0 Å². The third-order valence-corrected chi connectivity index (χ3v) is 4.77. The van der Waals surface area contributed by atoms with Gasteiger partial charge in [0.15, 0.2) is 0 Å². The average Bonchev–Trinajstić information content (AvgIpc) is 2.47. The minimum absolute atomic E-state index is 0.106. The molecule has 0 aliphatic carbocycles. The molecule has 0 heterocycles. The van der Waals surface area contributed by atoms with Gasteiger partial charge >= 0.3 is 0 Å². The first-order chi connectivity index (χ1) is 10.1. The van der Waals surface area contributed by atoms with Gasteiger partial charge < -0.3 is 10.1 Å². The molecule has 0 spiro atoms. The first kappa shape index (κ1) is 16.8. The molecule has 2 nitrogen and oxygen atoms in total. The van der Waals surface area contributed by atoms with Crippen molar-refractivity contribution in [3.05, 3.63) is 61.1 Å². The summed E-state index contributed by atoms with van der Waals surface area (Å²) in [6, 6.07) is 12.8. The number of nitrogens with one attached hydrogen (secondary N) is 1. The zero-order valence-electron chi connectivity index (χ0n) is 12.4. The Morgan fingerprint density at radius 1 is 1.19 bits per heavy atom. The van der Waals surface area contributed by atoms with E-state index in [-0.39, 0.29) is 6.04 Å². The van der Waals surface area contributed by atoms with Crippen molar-refractivity contribution in [2.24, 2.45) is 0 Å². The lowest BCUT2D eigenvalue weighted by Gasteiger charge is -2.23. The van der Waals surface area contributed by atoms with Gasteiger partial charge in [-0.3, -0.25) is 0 Å². The molecule has 4 heteroatoms. The van der Waals surface area contributed by atoms with Gasteiger partial charge in [-0.15, -0.1) is 0 Å². The molecule has 1 atom stereocenters. The second-order valence-corrected chi connectivity index (χ2v) is 7.00. The predicted molar refractivity (Wildman–Crippen MR) is 100 cm³/mol. The fourth-order valence-corrected chi connectivity index (χ4v) is 3.40. The van der Waals surface area contributed by atoms with Gasteiger partial charge in [-0.25, -0.2) is 0 Å². The highest BCUT2D eigenvalue weighted by Gasteiger charge is 2.20. The van der Waals surface area contributed by atoms with E-state index >= 15 is 0 Å². The highest BCUT2D eigenvalue weighted by Crippen LogP contribution is 2.35. The van der Waals surface area contributed by atoms with Crippen LogP contribution in [0.15, 0.2) is 40.9 Å². The number of hydrogen-bond acceptors (Lipinski definition) is 2. The van der Waals surface area contributed by atoms with Crippen LogP contribution in [-0.2, 0) is 0 Å². The molecule has 0 aliphatic rings. The first-order valence-electron chi connectivity index (χ1n) is 6.89. The van der Waals surface area contributed by atoms with Crippen LogP contribution in [0.4, 0.5) is 0 Å². The minimum atomic E-state index is 0.106. The summed E-state index contributed by atoms with van der Waals surface area (Å²) in [4.78, 5) is 0. The zero-order valence-corrected chi connectivity index (χ0v) is 16.2. The Bertz CT molecular complexity index is 630. The molecule has 0 saturated carbocycles. The number of aryl methyl sites for hydroxylation is 1. The van der Waals surface area contributed by atoms with Crippen LogP contribution in [0.2, 0.25) is 0 Å². The van der Waals surface area contributed by atoms with Crippen LogP contribution in [0.25, 0.3) is 0 Å². The van der Waals surface area contributed by atoms with Gasteiger partial charge in [-0.1, -0.05) is 40.5 Å². The molecule has 0 saturated heterocycles. The van der Waals surface area contributed by atoms with E-state index in [1.54, 1.807) is 7.11 Å². The monoisotopic (exact) mass is 459 g/mol. The molecule has 2 aromatic rings. The summed E-state index contributed by atoms with van der Waals surface area (Å²) in [5.41, 5.74) is 3.63. The standard InChI is InChI=1S/C17H19BrINO/c1-4-20-17(13-10-12(19)6-7-15(13)18)14-9-11(2)5-8-16(14)21-3/h5-10,17,20H,4H2,1-3H3. The number of benzene rings is 2. The molecule has 0 bridgehead atoms. The molecular formula is C17H19BrINO. The lowest BCUT2D eigenvalue weighted by atomic mass is 9.96. The summed E-state index contributed by atoms with van der Waals surface area (Å²) < 4.78 is 7.89. The summed E-state index contributed by atoms with van der Waals surface area (Å²) in [6.07, 6.45) is 0. The average molecular weight is 460 g/mol. The third kappa shape index (κ3) is 3.99. The summed E-state index contributed by atoms with van der Waals surface area (Å²) in [5, 5.41) is 3.57. The van der Waals surface area contributed by atoms with E-state index in [9.17, 15) is 0 Å². The molecule has 0 aromatic heterocycles. The van der Waals surface area contributed by atoms with E-state index in [4.69, 9.17) is 4.74 Å². The minimum Gasteiger partial charge on any atom is -0.496 e. The maximum Gasteiger partial charge on any atom is 0.124 e. The van der Waals surface area contributed by atoms with Gasteiger partial charge in [0.05, 0.1) is 13.2 Å². The van der Waals surface area contributed by atoms with Crippen molar-refractivity contribution in [1.82, 2.24) is 5.32 Å². The Morgan fingerprint density at radius 3 is 2.62 bits per heavy atom. The molecule has 0 aliphatic heterocycles. The quantitative estimate of drug-likeness (QED) is 0.630. The Morgan fingerprint density at radius 2 is 1.95 bits per heavy atom. The third-order valence-electron chi connectivity index (χ3n) is 3.37. The maximum atomic E-state index is 5.56. The van der Waals surface area contributed by atoms with Gasteiger partial charge in [0.25, 0.3) is 0 Å². The molecule has 21 heavy (non-hydrogen) atoms. The van der Waals surface area contributed by atoms with E-state index in [1.807, 2.05) is 6.07 Å². The molecule has 1 N–H and O–H groups in total. The van der Waals surface area contributed by atoms with Crippen LogP contribution >= 0.6 is 38.5 Å². The van der Waals surface area contributed by atoms with Crippen molar-refractivity contribution in [3.63, 3.8) is 0 Å². The van der Waals surface area contributed by atoms with Crippen molar-refractivity contribution in [1.29, 1.82) is 0 Å². The van der Waals surface area contributed by atoms with E-state index in [2.05, 4.69) is 88.0 Å². The van der Waals surface area contributed by atoms with Crippen molar-refractivity contribution in [2.45, 2.75) is 19.9 Å². The largest absolute Gasteiger partial charge is 0.496 e. The maximum absolute atomic E-state index is 5.56. The topological polar surface area (TPSA) is 21.3 Å². The SMILES string of the molecule is CCNC(c1cc(I)ccc1Br)c1cc(C)ccc1OC. The highest BCUT2D eigenvalue weighted by atomic mass is 127. The van der Waals surface area contributed by atoms with Gasteiger partial charge in [0.1, 0.15) is 5.75 Å². The fourth-order valence-electron chi connectivity index (χ4n) is 2.41. The number of halogens is 2. The van der Waals surface area contributed by atoms with E-state index in [0.717, 1.165) is 16.8 Å². The molecule has 0 fully saturated rings. The van der Waals surface area contributed by atoms with Crippen molar-refractivity contribution < 1.29 is 4.74 Å². The van der Waals surface area contributed by atoms with Crippen LogP contribution < -0.4 is 10.1 Å². The van der Waals surface area contributed by atoms with Crippen LogP contribution in [0, 0.1) is 10.5 Å². The summed E-state index contributed by atoms with van der Waals surface area (Å²) in [5.74, 6) is 0.914. The fraction of sp³-hybridized carbons (Fsp3) is 0.294. The Labute approximate surface area is 148 Å². The number of hydrogen-bond donors (Lipinski definition) is 1. The van der Waals surface area contributed by atoms with E-state index in [0.29, 0.717) is 0 Å². The zero-order chi connectivity index (χ0) is 15.4. The lowest BCUT2D eigenvalue weighted by molar-refractivity contribution is 0.404.